The molecule has 1 N–H and O–H groups in total. The summed E-state index contributed by atoms with van der Waals surface area (Å²) in [6, 6.07) is 9.15. The minimum absolute atomic E-state index is 0.0309. The molecule has 2 aliphatic heterocycles. The molecular formula is C22H29N5O4. The van der Waals surface area contributed by atoms with Gasteiger partial charge in [0.25, 0.3) is 5.91 Å². The molecule has 0 aliphatic carbocycles. The Kier molecular flexibility index (Phi) is 6.71. The molecule has 2 aliphatic rings. The van der Waals surface area contributed by atoms with Crippen LogP contribution < -0.4 is 19.7 Å². The molecule has 4 rings (SSSR count). The zero-order valence-electron chi connectivity index (χ0n) is 18.0. The van der Waals surface area contributed by atoms with Gasteiger partial charge in [0.05, 0.1) is 20.3 Å². The number of nitrogens with zero attached hydrogens (tertiary/aromatic N) is 4. The minimum atomic E-state index is -0.0309. The molecule has 9 heteroatoms. The Morgan fingerprint density at radius 3 is 2.42 bits per heavy atom. The fourth-order valence-electron chi connectivity index (χ4n) is 3.86. The first-order valence-corrected chi connectivity index (χ1v) is 10.6. The summed E-state index contributed by atoms with van der Waals surface area (Å²) in [6.45, 7) is 4.22. The highest BCUT2D eigenvalue weighted by Crippen LogP contribution is 2.24. The summed E-state index contributed by atoms with van der Waals surface area (Å²) in [7, 11) is 3.15. The van der Waals surface area contributed by atoms with Gasteiger partial charge in [-0.1, -0.05) is 0 Å². The fourth-order valence-corrected chi connectivity index (χ4v) is 3.86. The molecule has 2 aromatic rings. The van der Waals surface area contributed by atoms with Crippen molar-refractivity contribution >= 4 is 17.5 Å². The second-order valence-corrected chi connectivity index (χ2v) is 7.67. The molecule has 1 aromatic heterocycles. The number of anilines is 2. The van der Waals surface area contributed by atoms with Crippen molar-refractivity contribution < 1.29 is 19.0 Å². The quantitative estimate of drug-likeness (QED) is 0.718. The van der Waals surface area contributed by atoms with Crippen LogP contribution in [-0.4, -0.2) is 80.7 Å². The van der Waals surface area contributed by atoms with Crippen molar-refractivity contribution in [2.24, 2.45) is 0 Å². The maximum absolute atomic E-state index is 13.0. The number of carbonyl (C=O) groups excluding carboxylic acids is 1. The SMILES string of the molecule is COc1cc(OC)cc(C(=O)N2CCN(c3ccc(NCC4CCCO4)nn3)CC2)c1. The third-order valence-corrected chi connectivity index (χ3v) is 5.67. The smallest absolute Gasteiger partial charge is 0.254 e. The summed E-state index contributed by atoms with van der Waals surface area (Å²) in [5, 5.41) is 11.9. The monoisotopic (exact) mass is 427 g/mol. The van der Waals surface area contributed by atoms with E-state index in [9.17, 15) is 4.79 Å². The Morgan fingerprint density at radius 1 is 1.10 bits per heavy atom. The molecule has 1 unspecified atom stereocenters. The largest absolute Gasteiger partial charge is 0.497 e. The molecule has 0 bridgehead atoms. The minimum Gasteiger partial charge on any atom is -0.497 e. The van der Waals surface area contributed by atoms with Gasteiger partial charge >= 0.3 is 0 Å². The normalized spacial score (nSPS) is 18.7. The van der Waals surface area contributed by atoms with Crippen molar-refractivity contribution in [3.63, 3.8) is 0 Å². The van der Waals surface area contributed by atoms with Crippen LogP contribution in [0.3, 0.4) is 0 Å². The van der Waals surface area contributed by atoms with Gasteiger partial charge in [-0.2, -0.15) is 0 Å². The van der Waals surface area contributed by atoms with E-state index in [4.69, 9.17) is 14.2 Å². The molecule has 1 amide bonds. The van der Waals surface area contributed by atoms with Crippen molar-refractivity contribution in [2.75, 3.05) is 63.8 Å². The highest BCUT2D eigenvalue weighted by Gasteiger charge is 2.24. The third kappa shape index (κ3) is 5.16. The van der Waals surface area contributed by atoms with E-state index in [0.29, 0.717) is 43.2 Å². The Labute approximate surface area is 182 Å². The maximum Gasteiger partial charge on any atom is 0.254 e. The number of benzene rings is 1. The number of methoxy groups -OCH3 is 2. The Hall–Kier alpha value is -3.07. The molecule has 1 atom stereocenters. The molecule has 0 radical (unpaired) electrons. The predicted octanol–water partition coefficient (Wildman–Crippen LogP) is 2.05. The predicted molar refractivity (Wildman–Crippen MR) is 117 cm³/mol. The first-order chi connectivity index (χ1) is 15.2. The number of piperazine rings is 1. The molecule has 3 heterocycles. The fraction of sp³-hybridized carbons (Fsp3) is 0.500. The molecule has 0 saturated carbocycles. The van der Waals surface area contributed by atoms with Crippen molar-refractivity contribution in [3.05, 3.63) is 35.9 Å². The number of aromatic nitrogens is 2. The van der Waals surface area contributed by atoms with Crippen LogP contribution in [0.2, 0.25) is 0 Å². The van der Waals surface area contributed by atoms with Crippen LogP contribution in [0, 0.1) is 0 Å². The zero-order valence-corrected chi connectivity index (χ0v) is 18.0. The van der Waals surface area contributed by atoms with E-state index in [1.807, 2.05) is 17.0 Å². The topological polar surface area (TPSA) is 89.1 Å². The highest BCUT2D eigenvalue weighted by molar-refractivity contribution is 5.95. The summed E-state index contributed by atoms with van der Waals surface area (Å²) in [5.74, 6) is 2.74. The molecule has 2 saturated heterocycles. The van der Waals surface area contributed by atoms with Crippen molar-refractivity contribution in [3.8, 4) is 11.5 Å². The Morgan fingerprint density at radius 2 is 1.84 bits per heavy atom. The standard InChI is InChI=1S/C22H29N5O4/c1-29-18-12-16(13-19(14-18)30-2)22(28)27-9-7-26(8-10-27)21-6-5-20(24-25-21)23-15-17-4-3-11-31-17/h5-6,12-14,17H,3-4,7-11,15H2,1-2H3,(H,23,24). The zero-order chi connectivity index (χ0) is 21.6. The summed E-state index contributed by atoms with van der Waals surface area (Å²) in [5.41, 5.74) is 0.561. The van der Waals surface area contributed by atoms with E-state index in [-0.39, 0.29) is 12.0 Å². The lowest BCUT2D eigenvalue weighted by Gasteiger charge is -2.35. The third-order valence-electron chi connectivity index (χ3n) is 5.67. The van der Waals surface area contributed by atoms with Gasteiger partial charge in [0, 0.05) is 51.0 Å². The second-order valence-electron chi connectivity index (χ2n) is 7.67. The van der Waals surface area contributed by atoms with E-state index in [0.717, 1.165) is 37.6 Å². The van der Waals surface area contributed by atoms with Gasteiger partial charge in [-0.05, 0) is 37.1 Å². The van der Waals surface area contributed by atoms with Crippen molar-refractivity contribution in [2.45, 2.75) is 18.9 Å². The summed E-state index contributed by atoms with van der Waals surface area (Å²) >= 11 is 0. The van der Waals surface area contributed by atoms with Crippen LogP contribution >= 0.6 is 0 Å². The number of rotatable bonds is 7. The van der Waals surface area contributed by atoms with Gasteiger partial charge in [0.2, 0.25) is 0 Å². The summed E-state index contributed by atoms with van der Waals surface area (Å²) in [6.07, 6.45) is 2.47. The van der Waals surface area contributed by atoms with Gasteiger partial charge in [0.15, 0.2) is 5.82 Å². The maximum atomic E-state index is 13.0. The van der Waals surface area contributed by atoms with Crippen LogP contribution in [0.4, 0.5) is 11.6 Å². The summed E-state index contributed by atoms with van der Waals surface area (Å²) < 4.78 is 16.2. The molecule has 1 aromatic carbocycles. The Bertz CT molecular complexity index is 856. The summed E-state index contributed by atoms with van der Waals surface area (Å²) in [4.78, 5) is 16.9. The molecule has 31 heavy (non-hydrogen) atoms. The molecule has 166 valence electrons. The van der Waals surface area contributed by atoms with Crippen molar-refractivity contribution in [1.82, 2.24) is 15.1 Å². The lowest BCUT2D eigenvalue weighted by atomic mass is 10.1. The van der Waals surface area contributed by atoms with Gasteiger partial charge in [-0.15, -0.1) is 10.2 Å². The number of carbonyl (C=O) groups is 1. The number of hydrogen-bond acceptors (Lipinski definition) is 8. The number of hydrogen-bond donors (Lipinski definition) is 1. The van der Waals surface area contributed by atoms with Crippen LogP contribution in [0.15, 0.2) is 30.3 Å². The van der Waals surface area contributed by atoms with E-state index in [1.165, 1.54) is 0 Å². The van der Waals surface area contributed by atoms with E-state index < -0.39 is 0 Å². The number of ether oxygens (including phenoxy) is 3. The molecule has 9 nitrogen and oxygen atoms in total. The van der Waals surface area contributed by atoms with E-state index >= 15 is 0 Å². The van der Waals surface area contributed by atoms with Gasteiger partial charge in [-0.25, -0.2) is 0 Å². The lowest BCUT2D eigenvalue weighted by Crippen LogP contribution is -2.49. The van der Waals surface area contributed by atoms with Gasteiger partial charge in [-0.3, -0.25) is 4.79 Å². The lowest BCUT2D eigenvalue weighted by molar-refractivity contribution is 0.0745. The number of nitrogens with one attached hydrogen (secondary N) is 1. The Balaban J connectivity index is 1.31. The first kappa shape index (κ1) is 21.2. The average Bonchev–Trinajstić information content (AvgIpc) is 3.36. The van der Waals surface area contributed by atoms with Gasteiger partial charge in [0.1, 0.15) is 17.3 Å². The highest BCUT2D eigenvalue weighted by atomic mass is 16.5. The molecule has 2 fully saturated rings. The van der Waals surface area contributed by atoms with Crippen LogP contribution in [0.1, 0.15) is 23.2 Å². The first-order valence-electron chi connectivity index (χ1n) is 10.6. The van der Waals surface area contributed by atoms with Crippen LogP contribution in [0.5, 0.6) is 11.5 Å². The van der Waals surface area contributed by atoms with Gasteiger partial charge < -0.3 is 29.3 Å². The van der Waals surface area contributed by atoms with Crippen molar-refractivity contribution in [1.29, 1.82) is 0 Å². The average molecular weight is 428 g/mol. The van der Waals surface area contributed by atoms with Crippen LogP contribution in [0.25, 0.3) is 0 Å². The van der Waals surface area contributed by atoms with Crippen LogP contribution in [-0.2, 0) is 4.74 Å². The number of amides is 1. The van der Waals surface area contributed by atoms with E-state index in [1.54, 1.807) is 32.4 Å². The second kappa shape index (κ2) is 9.82. The molecular weight excluding hydrogens is 398 g/mol. The molecule has 0 spiro atoms. The van der Waals surface area contributed by atoms with E-state index in [2.05, 4.69) is 20.4 Å².